The summed E-state index contributed by atoms with van der Waals surface area (Å²) in [5.74, 6) is 0.511. The van der Waals surface area contributed by atoms with Crippen LogP contribution in [0.4, 0.5) is 0 Å². The van der Waals surface area contributed by atoms with E-state index in [1.165, 1.54) is 7.05 Å². The highest BCUT2D eigenvalue weighted by atomic mass is 32.2. The van der Waals surface area contributed by atoms with Crippen LogP contribution in [0.2, 0.25) is 0 Å². The molecule has 0 saturated carbocycles. The van der Waals surface area contributed by atoms with Crippen LogP contribution >= 0.6 is 0 Å². The molecule has 0 radical (unpaired) electrons. The maximum Gasteiger partial charge on any atom is 0.242 e. The van der Waals surface area contributed by atoms with Crippen LogP contribution in [-0.4, -0.2) is 44.6 Å². The van der Waals surface area contributed by atoms with Gasteiger partial charge in [-0.25, -0.2) is 8.42 Å². The number of ether oxygens (including phenoxy) is 1. The summed E-state index contributed by atoms with van der Waals surface area (Å²) in [5.41, 5.74) is 1.79. The zero-order chi connectivity index (χ0) is 21.4. The molecular formula is C22H30N2O4S. The van der Waals surface area contributed by atoms with E-state index >= 15 is 0 Å². The van der Waals surface area contributed by atoms with Crippen LogP contribution in [0, 0.1) is 0 Å². The minimum absolute atomic E-state index is 0.138. The molecule has 1 atom stereocenters. The Hall–Kier alpha value is -2.38. The predicted molar refractivity (Wildman–Crippen MR) is 115 cm³/mol. The Labute approximate surface area is 173 Å². The summed E-state index contributed by atoms with van der Waals surface area (Å²) in [7, 11) is -2.10. The lowest BCUT2D eigenvalue weighted by Crippen LogP contribution is -2.41. The fourth-order valence-electron chi connectivity index (χ4n) is 2.96. The molecule has 0 heterocycles. The molecule has 1 N–H and O–H groups in total. The summed E-state index contributed by atoms with van der Waals surface area (Å²) in [6.45, 7) is 4.44. The lowest BCUT2D eigenvalue weighted by atomic mass is 10.1. The number of aryl methyl sites for hydroxylation is 1. The molecule has 0 aliphatic carbocycles. The Morgan fingerprint density at radius 2 is 1.69 bits per heavy atom. The minimum atomic E-state index is -3.52. The number of nitrogens with one attached hydrogen (secondary N) is 1. The van der Waals surface area contributed by atoms with E-state index in [4.69, 9.17) is 4.74 Å². The van der Waals surface area contributed by atoms with Gasteiger partial charge in [-0.1, -0.05) is 42.5 Å². The van der Waals surface area contributed by atoms with E-state index in [1.807, 2.05) is 44.2 Å². The van der Waals surface area contributed by atoms with Crippen LogP contribution in [0.15, 0.2) is 54.6 Å². The number of hydrogen-bond donors (Lipinski definition) is 1. The SMILES string of the molecule is CC(C)Oc1ccc(CCCNC(=O)[C@@H](c2ccccc2)N(C)S(C)(=O)=O)cc1. The van der Waals surface area contributed by atoms with Gasteiger partial charge in [0.05, 0.1) is 12.4 Å². The Morgan fingerprint density at radius 3 is 2.24 bits per heavy atom. The molecule has 0 fully saturated rings. The molecule has 1 amide bonds. The normalized spacial score (nSPS) is 12.8. The second-order valence-corrected chi connectivity index (χ2v) is 9.34. The molecule has 2 aromatic rings. The van der Waals surface area contributed by atoms with E-state index in [0.717, 1.165) is 34.7 Å². The zero-order valence-electron chi connectivity index (χ0n) is 17.5. The molecule has 0 aliphatic heterocycles. The van der Waals surface area contributed by atoms with E-state index in [-0.39, 0.29) is 12.0 Å². The molecule has 2 aromatic carbocycles. The molecule has 0 unspecified atom stereocenters. The first kappa shape index (κ1) is 22.9. The van der Waals surface area contributed by atoms with Crippen molar-refractivity contribution in [3.8, 4) is 5.75 Å². The summed E-state index contributed by atoms with van der Waals surface area (Å²) in [4.78, 5) is 12.8. The van der Waals surface area contributed by atoms with Gasteiger partial charge in [-0.05, 0) is 49.9 Å². The number of amides is 1. The lowest BCUT2D eigenvalue weighted by Gasteiger charge is -2.25. The predicted octanol–water partition coefficient (Wildman–Crippen LogP) is 3.16. The van der Waals surface area contributed by atoms with Crippen molar-refractivity contribution in [3.05, 3.63) is 65.7 Å². The van der Waals surface area contributed by atoms with Gasteiger partial charge in [0.1, 0.15) is 11.8 Å². The maximum absolute atomic E-state index is 12.8. The van der Waals surface area contributed by atoms with E-state index in [0.29, 0.717) is 12.1 Å². The summed E-state index contributed by atoms with van der Waals surface area (Å²) >= 11 is 0. The fourth-order valence-corrected chi connectivity index (χ4v) is 3.56. The lowest BCUT2D eigenvalue weighted by molar-refractivity contribution is -0.124. The van der Waals surface area contributed by atoms with Crippen LogP contribution < -0.4 is 10.1 Å². The zero-order valence-corrected chi connectivity index (χ0v) is 18.3. The van der Waals surface area contributed by atoms with Crippen LogP contribution in [0.1, 0.15) is 37.4 Å². The third-order valence-electron chi connectivity index (χ3n) is 4.49. The molecule has 7 heteroatoms. The van der Waals surface area contributed by atoms with Crippen molar-refractivity contribution < 1.29 is 17.9 Å². The molecule has 0 aromatic heterocycles. The number of rotatable bonds is 10. The van der Waals surface area contributed by atoms with Crippen molar-refractivity contribution >= 4 is 15.9 Å². The van der Waals surface area contributed by atoms with Gasteiger partial charge in [0, 0.05) is 13.6 Å². The van der Waals surface area contributed by atoms with Crippen molar-refractivity contribution in [2.75, 3.05) is 19.8 Å². The van der Waals surface area contributed by atoms with Crippen molar-refractivity contribution in [1.82, 2.24) is 9.62 Å². The van der Waals surface area contributed by atoms with Gasteiger partial charge in [-0.15, -0.1) is 0 Å². The quantitative estimate of drug-likeness (QED) is 0.602. The van der Waals surface area contributed by atoms with Crippen molar-refractivity contribution in [1.29, 1.82) is 0 Å². The monoisotopic (exact) mass is 418 g/mol. The standard InChI is InChI=1S/C22H30N2O4S/c1-17(2)28-20-14-12-18(13-15-20)9-8-16-23-22(25)21(24(3)29(4,26)27)19-10-6-5-7-11-19/h5-7,10-15,17,21H,8-9,16H2,1-4H3,(H,23,25)/t21-/m1/s1. The van der Waals surface area contributed by atoms with Gasteiger partial charge in [-0.3, -0.25) is 4.79 Å². The molecule has 0 spiro atoms. The maximum atomic E-state index is 12.8. The first-order valence-corrected chi connectivity index (χ1v) is 11.5. The first-order chi connectivity index (χ1) is 13.7. The molecule has 29 heavy (non-hydrogen) atoms. The molecule has 6 nitrogen and oxygen atoms in total. The number of carbonyl (C=O) groups excluding carboxylic acids is 1. The van der Waals surface area contributed by atoms with Crippen molar-refractivity contribution in [3.63, 3.8) is 0 Å². The van der Waals surface area contributed by atoms with E-state index in [9.17, 15) is 13.2 Å². The van der Waals surface area contributed by atoms with E-state index < -0.39 is 16.1 Å². The van der Waals surface area contributed by atoms with Gasteiger partial charge >= 0.3 is 0 Å². The number of carbonyl (C=O) groups is 1. The van der Waals surface area contributed by atoms with Gasteiger partial charge < -0.3 is 10.1 Å². The highest BCUT2D eigenvalue weighted by Crippen LogP contribution is 2.22. The highest BCUT2D eigenvalue weighted by Gasteiger charge is 2.30. The molecular weight excluding hydrogens is 388 g/mol. The van der Waals surface area contributed by atoms with Crippen LogP contribution in [0.25, 0.3) is 0 Å². The molecule has 2 rings (SSSR count). The third kappa shape index (κ3) is 7.18. The minimum Gasteiger partial charge on any atom is -0.491 e. The fraction of sp³-hybridized carbons (Fsp3) is 0.409. The average molecular weight is 419 g/mol. The smallest absolute Gasteiger partial charge is 0.242 e. The number of nitrogens with zero attached hydrogens (tertiary/aromatic N) is 1. The van der Waals surface area contributed by atoms with E-state index in [1.54, 1.807) is 24.3 Å². The third-order valence-corrected chi connectivity index (χ3v) is 5.74. The Bertz CT molecular complexity index is 881. The van der Waals surface area contributed by atoms with Crippen molar-refractivity contribution in [2.24, 2.45) is 0 Å². The summed E-state index contributed by atoms with van der Waals surface area (Å²) in [5, 5.41) is 2.87. The number of hydrogen-bond acceptors (Lipinski definition) is 4. The topological polar surface area (TPSA) is 75.7 Å². The largest absolute Gasteiger partial charge is 0.491 e. The molecule has 158 valence electrons. The Balaban J connectivity index is 1.93. The number of benzene rings is 2. The summed E-state index contributed by atoms with van der Waals surface area (Å²) in [6.07, 6.45) is 2.79. The Kier molecular flexibility index (Phi) is 8.22. The average Bonchev–Trinajstić information content (AvgIpc) is 2.66. The van der Waals surface area contributed by atoms with Gasteiger partial charge in [-0.2, -0.15) is 4.31 Å². The van der Waals surface area contributed by atoms with Crippen LogP contribution in [0.5, 0.6) is 5.75 Å². The van der Waals surface area contributed by atoms with Crippen molar-refractivity contribution in [2.45, 2.75) is 38.8 Å². The first-order valence-electron chi connectivity index (χ1n) is 9.69. The molecule has 0 bridgehead atoms. The number of sulfonamides is 1. The summed E-state index contributed by atoms with van der Waals surface area (Å²) < 4.78 is 30.7. The Morgan fingerprint density at radius 1 is 1.07 bits per heavy atom. The second-order valence-electron chi connectivity index (χ2n) is 7.30. The van der Waals surface area contributed by atoms with Crippen LogP contribution in [-0.2, 0) is 21.2 Å². The number of likely N-dealkylation sites (N-methyl/N-ethyl adjacent to an activating group) is 1. The molecule has 0 saturated heterocycles. The van der Waals surface area contributed by atoms with Gasteiger partial charge in [0.15, 0.2) is 0 Å². The van der Waals surface area contributed by atoms with Gasteiger partial charge in [0.25, 0.3) is 0 Å². The van der Waals surface area contributed by atoms with Crippen LogP contribution in [0.3, 0.4) is 0 Å². The highest BCUT2D eigenvalue weighted by molar-refractivity contribution is 7.88. The van der Waals surface area contributed by atoms with Gasteiger partial charge in [0.2, 0.25) is 15.9 Å². The summed E-state index contributed by atoms with van der Waals surface area (Å²) in [6, 6.07) is 16.0. The van der Waals surface area contributed by atoms with E-state index in [2.05, 4.69) is 5.32 Å². The molecule has 0 aliphatic rings. The second kappa shape index (κ2) is 10.4.